The van der Waals surface area contributed by atoms with Crippen molar-refractivity contribution in [1.82, 2.24) is 9.62 Å². The van der Waals surface area contributed by atoms with Gasteiger partial charge < -0.3 is 10.1 Å². The molecule has 0 fully saturated rings. The second-order valence-corrected chi connectivity index (χ2v) is 9.48. The summed E-state index contributed by atoms with van der Waals surface area (Å²) in [6.07, 6.45) is 0.572. The van der Waals surface area contributed by atoms with Crippen molar-refractivity contribution in [3.63, 3.8) is 0 Å². The number of halogens is 1. The zero-order valence-electron chi connectivity index (χ0n) is 17.3. The van der Waals surface area contributed by atoms with Crippen LogP contribution in [0.25, 0.3) is 0 Å². The number of benzene rings is 2. The van der Waals surface area contributed by atoms with Crippen LogP contribution >= 0.6 is 11.6 Å². The summed E-state index contributed by atoms with van der Waals surface area (Å²) in [4.78, 5) is 12.7. The molecular formula is C21H27ClN2O4S. The third-order valence-electron chi connectivity index (χ3n) is 4.70. The van der Waals surface area contributed by atoms with Gasteiger partial charge in [-0.1, -0.05) is 29.3 Å². The fourth-order valence-electron chi connectivity index (χ4n) is 2.79. The maximum absolute atomic E-state index is 12.7. The topological polar surface area (TPSA) is 75.7 Å². The number of methoxy groups -OCH3 is 1. The molecule has 29 heavy (non-hydrogen) atoms. The van der Waals surface area contributed by atoms with E-state index in [2.05, 4.69) is 5.32 Å². The molecule has 2 aromatic carbocycles. The van der Waals surface area contributed by atoms with Crippen molar-refractivity contribution in [2.24, 2.45) is 0 Å². The molecule has 1 amide bonds. The Bertz CT molecular complexity index is 990. The molecule has 0 radical (unpaired) electrons. The standard InChI is InChI=1S/C21H27ClN2O4S/c1-14(2)24(4)29(26,27)17-7-8-19(22)18(13-17)21(25)23-11-10-16-12-15(3)6-9-20(16)28-5/h6-9,12-14H,10-11H2,1-5H3,(H,23,25). The Balaban J connectivity index is 2.16. The molecule has 0 aliphatic rings. The van der Waals surface area contributed by atoms with Crippen molar-refractivity contribution in [2.75, 3.05) is 20.7 Å². The molecule has 0 heterocycles. The SMILES string of the molecule is COc1ccc(C)cc1CCNC(=O)c1cc(S(=O)(=O)N(C)C(C)C)ccc1Cl. The molecular weight excluding hydrogens is 412 g/mol. The highest BCUT2D eigenvalue weighted by Gasteiger charge is 2.25. The van der Waals surface area contributed by atoms with E-state index >= 15 is 0 Å². The summed E-state index contributed by atoms with van der Waals surface area (Å²) in [5, 5.41) is 3.00. The molecule has 158 valence electrons. The van der Waals surface area contributed by atoms with Crippen molar-refractivity contribution < 1.29 is 17.9 Å². The molecule has 6 nitrogen and oxygen atoms in total. The fourth-order valence-corrected chi connectivity index (χ4v) is 4.39. The van der Waals surface area contributed by atoms with Crippen LogP contribution in [-0.4, -0.2) is 45.4 Å². The molecule has 0 spiro atoms. The first-order valence-electron chi connectivity index (χ1n) is 9.27. The van der Waals surface area contributed by atoms with E-state index in [9.17, 15) is 13.2 Å². The van der Waals surface area contributed by atoms with Gasteiger partial charge in [0.25, 0.3) is 5.91 Å². The first kappa shape index (κ1) is 23.2. The number of hydrogen-bond donors (Lipinski definition) is 1. The lowest BCUT2D eigenvalue weighted by Gasteiger charge is -2.21. The van der Waals surface area contributed by atoms with E-state index in [0.717, 1.165) is 16.9 Å². The lowest BCUT2D eigenvalue weighted by atomic mass is 10.1. The van der Waals surface area contributed by atoms with Gasteiger partial charge in [0, 0.05) is 19.6 Å². The van der Waals surface area contributed by atoms with Gasteiger partial charge in [0.1, 0.15) is 5.75 Å². The lowest BCUT2D eigenvalue weighted by Crippen LogP contribution is -2.33. The third-order valence-corrected chi connectivity index (χ3v) is 7.06. The maximum Gasteiger partial charge on any atom is 0.252 e. The van der Waals surface area contributed by atoms with E-state index in [1.807, 2.05) is 25.1 Å². The monoisotopic (exact) mass is 438 g/mol. The van der Waals surface area contributed by atoms with Crippen molar-refractivity contribution in [1.29, 1.82) is 0 Å². The van der Waals surface area contributed by atoms with E-state index in [0.29, 0.717) is 13.0 Å². The van der Waals surface area contributed by atoms with Crippen molar-refractivity contribution in [2.45, 2.75) is 38.1 Å². The number of sulfonamides is 1. The molecule has 0 saturated heterocycles. The van der Waals surface area contributed by atoms with E-state index in [-0.39, 0.29) is 21.5 Å². The number of rotatable bonds is 8. The molecule has 2 rings (SSSR count). The normalized spacial score (nSPS) is 11.7. The number of hydrogen-bond acceptors (Lipinski definition) is 4. The third kappa shape index (κ3) is 5.50. The lowest BCUT2D eigenvalue weighted by molar-refractivity contribution is 0.0954. The van der Waals surface area contributed by atoms with Gasteiger partial charge >= 0.3 is 0 Å². The van der Waals surface area contributed by atoms with Crippen LogP contribution in [0.1, 0.15) is 35.3 Å². The summed E-state index contributed by atoms with van der Waals surface area (Å²) >= 11 is 6.16. The van der Waals surface area contributed by atoms with E-state index in [1.165, 1.54) is 29.6 Å². The summed E-state index contributed by atoms with van der Waals surface area (Å²) in [7, 11) is -0.603. The zero-order valence-corrected chi connectivity index (χ0v) is 18.9. The number of carbonyl (C=O) groups is 1. The van der Waals surface area contributed by atoms with Crippen LogP contribution in [0.3, 0.4) is 0 Å². The van der Waals surface area contributed by atoms with Crippen molar-refractivity contribution >= 4 is 27.5 Å². The summed E-state index contributed by atoms with van der Waals surface area (Å²) in [5.41, 5.74) is 2.21. The molecule has 0 aliphatic carbocycles. The average molecular weight is 439 g/mol. The Kier molecular flexibility index (Phi) is 7.68. The van der Waals surface area contributed by atoms with Crippen molar-refractivity contribution in [3.05, 3.63) is 58.1 Å². The Morgan fingerprint density at radius 1 is 1.21 bits per heavy atom. The van der Waals surface area contributed by atoms with E-state index in [4.69, 9.17) is 16.3 Å². The van der Waals surface area contributed by atoms with Crippen LogP contribution < -0.4 is 10.1 Å². The predicted molar refractivity (Wildman–Crippen MR) is 115 cm³/mol. The highest BCUT2D eigenvalue weighted by Crippen LogP contribution is 2.24. The number of nitrogens with one attached hydrogen (secondary N) is 1. The zero-order chi connectivity index (χ0) is 21.8. The number of amides is 1. The first-order valence-corrected chi connectivity index (χ1v) is 11.1. The molecule has 0 aromatic heterocycles. The van der Waals surface area contributed by atoms with Gasteiger partial charge in [-0.25, -0.2) is 8.42 Å². The smallest absolute Gasteiger partial charge is 0.252 e. The Hall–Kier alpha value is -2.09. The van der Waals surface area contributed by atoms with E-state index in [1.54, 1.807) is 21.0 Å². The number of nitrogens with zero attached hydrogens (tertiary/aromatic N) is 1. The van der Waals surface area contributed by atoms with Crippen LogP contribution in [0.2, 0.25) is 5.02 Å². The Morgan fingerprint density at radius 3 is 2.52 bits per heavy atom. The summed E-state index contributed by atoms with van der Waals surface area (Å²) < 4.78 is 32.0. The molecule has 0 saturated carbocycles. The van der Waals surface area contributed by atoms with Crippen molar-refractivity contribution in [3.8, 4) is 5.75 Å². The van der Waals surface area contributed by atoms with Gasteiger partial charge in [0.2, 0.25) is 10.0 Å². The largest absolute Gasteiger partial charge is 0.496 e. The van der Waals surface area contributed by atoms with Crippen LogP contribution in [0.15, 0.2) is 41.3 Å². The Labute approximate surface area is 177 Å². The molecule has 0 unspecified atom stereocenters. The minimum absolute atomic E-state index is 0.0311. The van der Waals surface area contributed by atoms with Gasteiger partial charge in [0.15, 0.2) is 0 Å². The van der Waals surface area contributed by atoms with Gasteiger partial charge in [-0.2, -0.15) is 4.31 Å². The van der Waals surface area contributed by atoms with Gasteiger partial charge in [-0.15, -0.1) is 0 Å². The highest BCUT2D eigenvalue weighted by molar-refractivity contribution is 7.89. The van der Waals surface area contributed by atoms with Gasteiger partial charge in [0.05, 0.1) is 22.6 Å². The second-order valence-electron chi connectivity index (χ2n) is 7.08. The molecule has 0 atom stereocenters. The molecule has 2 aromatic rings. The average Bonchev–Trinajstić information content (AvgIpc) is 2.67. The van der Waals surface area contributed by atoms with Crippen LogP contribution in [0.4, 0.5) is 0 Å². The summed E-state index contributed by atoms with van der Waals surface area (Å²) in [5.74, 6) is 0.332. The predicted octanol–water partition coefficient (Wildman–Crippen LogP) is 3.66. The first-order chi connectivity index (χ1) is 13.6. The fraction of sp³-hybridized carbons (Fsp3) is 0.381. The molecule has 1 N–H and O–H groups in total. The minimum atomic E-state index is -3.71. The molecule has 8 heteroatoms. The van der Waals surface area contributed by atoms with Gasteiger partial charge in [-0.3, -0.25) is 4.79 Å². The Morgan fingerprint density at radius 2 is 1.90 bits per heavy atom. The van der Waals surface area contributed by atoms with Crippen LogP contribution in [0.5, 0.6) is 5.75 Å². The molecule has 0 bridgehead atoms. The number of carbonyl (C=O) groups excluding carboxylic acids is 1. The summed E-state index contributed by atoms with van der Waals surface area (Å²) in [6, 6.07) is 9.80. The minimum Gasteiger partial charge on any atom is -0.496 e. The highest BCUT2D eigenvalue weighted by atomic mass is 35.5. The van der Waals surface area contributed by atoms with Crippen LogP contribution in [-0.2, 0) is 16.4 Å². The molecule has 0 aliphatic heterocycles. The van der Waals surface area contributed by atoms with Gasteiger partial charge in [-0.05, 0) is 57.0 Å². The second kappa shape index (κ2) is 9.61. The number of ether oxygens (including phenoxy) is 1. The van der Waals surface area contributed by atoms with E-state index < -0.39 is 15.9 Å². The maximum atomic E-state index is 12.7. The summed E-state index contributed by atoms with van der Waals surface area (Å²) in [6.45, 7) is 5.90. The van der Waals surface area contributed by atoms with Crippen LogP contribution in [0, 0.1) is 6.92 Å². The number of aryl methyl sites for hydroxylation is 1. The quantitative estimate of drug-likeness (QED) is 0.682.